The van der Waals surface area contributed by atoms with Crippen molar-refractivity contribution in [3.05, 3.63) is 41.9 Å². The molecule has 3 aromatic rings. The number of hydrogen-bond acceptors (Lipinski definition) is 7. The average Bonchev–Trinajstić information content (AvgIpc) is 3.12. The van der Waals surface area contributed by atoms with Gasteiger partial charge in [0.25, 0.3) is 0 Å². The van der Waals surface area contributed by atoms with Crippen LogP contribution >= 0.6 is 0 Å². The standard InChI is InChI=1S/C14H16N6O3S/c1-9-14(10(2)23-19-9)24(21,22)18-7-12-13(16-5-4-15-12)11-6-17-20(3)8-11/h4-6,8,18H,7H2,1-3H3. The zero-order valence-electron chi connectivity index (χ0n) is 13.4. The lowest BCUT2D eigenvalue weighted by atomic mass is 10.2. The van der Waals surface area contributed by atoms with Crippen molar-refractivity contribution in [2.75, 3.05) is 0 Å². The first-order chi connectivity index (χ1) is 11.4. The Morgan fingerprint density at radius 1 is 1.25 bits per heavy atom. The maximum Gasteiger partial charge on any atom is 0.246 e. The van der Waals surface area contributed by atoms with Crippen LogP contribution in [0.15, 0.2) is 34.2 Å². The zero-order valence-corrected chi connectivity index (χ0v) is 14.2. The summed E-state index contributed by atoms with van der Waals surface area (Å²) < 4.78 is 34.0. The van der Waals surface area contributed by atoms with Crippen molar-refractivity contribution in [3.8, 4) is 11.3 Å². The number of nitrogens with zero attached hydrogens (tertiary/aromatic N) is 5. The topological polar surface area (TPSA) is 116 Å². The van der Waals surface area contributed by atoms with Gasteiger partial charge in [-0.1, -0.05) is 5.16 Å². The average molecular weight is 348 g/mol. The number of aryl methyl sites for hydroxylation is 3. The largest absolute Gasteiger partial charge is 0.360 e. The molecular formula is C14H16N6O3S. The third-order valence-corrected chi connectivity index (χ3v) is 5.06. The SMILES string of the molecule is Cc1noc(C)c1S(=O)(=O)NCc1nccnc1-c1cnn(C)c1. The predicted molar refractivity (Wildman–Crippen MR) is 84.2 cm³/mol. The van der Waals surface area contributed by atoms with Crippen LogP contribution in [-0.2, 0) is 23.6 Å². The molecule has 0 bridgehead atoms. The summed E-state index contributed by atoms with van der Waals surface area (Å²) in [5, 5.41) is 7.77. The van der Waals surface area contributed by atoms with Gasteiger partial charge in [0.1, 0.15) is 10.6 Å². The number of aromatic nitrogens is 5. The molecule has 1 N–H and O–H groups in total. The number of sulfonamides is 1. The van der Waals surface area contributed by atoms with E-state index in [1.165, 1.54) is 6.20 Å². The molecule has 0 radical (unpaired) electrons. The van der Waals surface area contributed by atoms with Crippen molar-refractivity contribution in [2.45, 2.75) is 25.3 Å². The maximum atomic E-state index is 12.5. The van der Waals surface area contributed by atoms with E-state index in [9.17, 15) is 8.42 Å². The van der Waals surface area contributed by atoms with E-state index in [-0.39, 0.29) is 17.2 Å². The summed E-state index contributed by atoms with van der Waals surface area (Å²) in [5.41, 5.74) is 2.15. The minimum absolute atomic E-state index is 0.00946. The monoisotopic (exact) mass is 348 g/mol. The summed E-state index contributed by atoms with van der Waals surface area (Å²) in [7, 11) is -1.97. The fourth-order valence-electron chi connectivity index (χ4n) is 2.37. The van der Waals surface area contributed by atoms with E-state index in [1.54, 1.807) is 44.2 Å². The van der Waals surface area contributed by atoms with Gasteiger partial charge >= 0.3 is 0 Å². The minimum atomic E-state index is -3.77. The van der Waals surface area contributed by atoms with Crippen molar-refractivity contribution < 1.29 is 12.9 Å². The van der Waals surface area contributed by atoms with E-state index in [4.69, 9.17) is 4.52 Å². The van der Waals surface area contributed by atoms with Gasteiger partial charge in [-0.2, -0.15) is 5.10 Å². The summed E-state index contributed by atoms with van der Waals surface area (Å²) in [4.78, 5) is 8.56. The normalized spacial score (nSPS) is 11.8. The van der Waals surface area contributed by atoms with Crippen LogP contribution in [-0.4, -0.2) is 33.3 Å². The van der Waals surface area contributed by atoms with E-state index in [2.05, 4.69) is 24.9 Å². The molecule has 0 aliphatic heterocycles. The van der Waals surface area contributed by atoms with E-state index in [0.29, 0.717) is 17.1 Å². The molecule has 3 aromatic heterocycles. The van der Waals surface area contributed by atoms with E-state index in [1.807, 2.05) is 0 Å². The summed E-state index contributed by atoms with van der Waals surface area (Å²) in [6.07, 6.45) is 6.50. The highest BCUT2D eigenvalue weighted by Crippen LogP contribution is 2.21. The van der Waals surface area contributed by atoms with Crippen LogP contribution in [0.5, 0.6) is 0 Å². The Hall–Kier alpha value is -2.59. The molecule has 10 heteroatoms. The third kappa shape index (κ3) is 3.05. The molecule has 24 heavy (non-hydrogen) atoms. The van der Waals surface area contributed by atoms with Crippen molar-refractivity contribution >= 4 is 10.0 Å². The van der Waals surface area contributed by atoms with Crippen LogP contribution < -0.4 is 4.72 Å². The Morgan fingerprint density at radius 3 is 2.62 bits per heavy atom. The highest BCUT2D eigenvalue weighted by molar-refractivity contribution is 7.89. The Bertz CT molecular complexity index is 957. The zero-order chi connectivity index (χ0) is 17.3. The molecule has 0 atom stereocenters. The second-order valence-electron chi connectivity index (χ2n) is 5.23. The van der Waals surface area contributed by atoms with Crippen molar-refractivity contribution in [2.24, 2.45) is 7.05 Å². The van der Waals surface area contributed by atoms with Gasteiger partial charge in [-0.15, -0.1) is 0 Å². The quantitative estimate of drug-likeness (QED) is 0.730. The van der Waals surface area contributed by atoms with Crippen molar-refractivity contribution in [1.82, 2.24) is 29.6 Å². The molecule has 0 aliphatic rings. The fraction of sp³-hybridized carbons (Fsp3) is 0.286. The van der Waals surface area contributed by atoms with Crippen LogP contribution in [0.4, 0.5) is 0 Å². The summed E-state index contributed by atoms with van der Waals surface area (Å²) >= 11 is 0. The van der Waals surface area contributed by atoms with Gasteiger partial charge in [0, 0.05) is 31.2 Å². The summed E-state index contributed by atoms with van der Waals surface area (Å²) in [5.74, 6) is 0.242. The second-order valence-corrected chi connectivity index (χ2v) is 6.94. The van der Waals surface area contributed by atoms with Gasteiger partial charge in [-0.25, -0.2) is 13.1 Å². The first kappa shape index (κ1) is 16.3. The van der Waals surface area contributed by atoms with E-state index in [0.717, 1.165) is 5.56 Å². The molecule has 0 amide bonds. The minimum Gasteiger partial charge on any atom is -0.360 e. The predicted octanol–water partition coefficient (Wildman–Crippen LogP) is 0.960. The van der Waals surface area contributed by atoms with Gasteiger partial charge in [-0.3, -0.25) is 14.6 Å². The van der Waals surface area contributed by atoms with Gasteiger partial charge in [0.15, 0.2) is 5.76 Å². The second kappa shape index (κ2) is 6.13. The number of rotatable bonds is 5. The Labute approximate surface area is 138 Å². The molecular weight excluding hydrogens is 332 g/mol. The van der Waals surface area contributed by atoms with Gasteiger partial charge in [0.05, 0.1) is 24.1 Å². The van der Waals surface area contributed by atoms with Crippen molar-refractivity contribution in [1.29, 1.82) is 0 Å². The van der Waals surface area contributed by atoms with Crippen LogP contribution in [0.1, 0.15) is 17.1 Å². The lowest BCUT2D eigenvalue weighted by molar-refractivity contribution is 0.390. The molecule has 3 heterocycles. The van der Waals surface area contributed by atoms with E-state index >= 15 is 0 Å². The first-order valence-electron chi connectivity index (χ1n) is 7.10. The molecule has 0 aromatic carbocycles. The number of hydrogen-bond donors (Lipinski definition) is 1. The summed E-state index contributed by atoms with van der Waals surface area (Å²) in [6.45, 7) is 3.12. The molecule has 0 saturated carbocycles. The lowest BCUT2D eigenvalue weighted by Gasteiger charge is -2.08. The Kier molecular flexibility index (Phi) is 4.16. The van der Waals surface area contributed by atoms with E-state index < -0.39 is 10.0 Å². The van der Waals surface area contributed by atoms with Crippen LogP contribution in [0.25, 0.3) is 11.3 Å². The van der Waals surface area contributed by atoms with Crippen LogP contribution in [0.3, 0.4) is 0 Å². The fourth-order valence-corrected chi connectivity index (χ4v) is 3.69. The van der Waals surface area contributed by atoms with Crippen LogP contribution in [0, 0.1) is 13.8 Å². The van der Waals surface area contributed by atoms with Gasteiger partial charge < -0.3 is 4.52 Å². The molecule has 0 spiro atoms. The molecule has 126 valence electrons. The van der Waals surface area contributed by atoms with Gasteiger partial charge in [0.2, 0.25) is 10.0 Å². The van der Waals surface area contributed by atoms with Crippen molar-refractivity contribution in [3.63, 3.8) is 0 Å². The highest BCUT2D eigenvalue weighted by Gasteiger charge is 2.24. The smallest absolute Gasteiger partial charge is 0.246 e. The molecule has 3 rings (SSSR count). The molecule has 0 saturated heterocycles. The molecule has 0 unspecified atom stereocenters. The third-order valence-electron chi connectivity index (χ3n) is 3.42. The molecule has 9 nitrogen and oxygen atoms in total. The Morgan fingerprint density at radius 2 is 2.00 bits per heavy atom. The molecule has 0 fully saturated rings. The lowest BCUT2D eigenvalue weighted by Crippen LogP contribution is -2.25. The van der Waals surface area contributed by atoms with Gasteiger partial charge in [-0.05, 0) is 13.8 Å². The first-order valence-corrected chi connectivity index (χ1v) is 8.58. The highest BCUT2D eigenvalue weighted by atomic mass is 32.2. The summed E-state index contributed by atoms with van der Waals surface area (Å²) in [6, 6.07) is 0. The van der Waals surface area contributed by atoms with Crippen LogP contribution in [0.2, 0.25) is 0 Å². The molecule has 0 aliphatic carbocycles. The maximum absolute atomic E-state index is 12.5. The Balaban J connectivity index is 1.88. The number of nitrogens with one attached hydrogen (secondary N) is 1.